The Balaban J connectivity index is 1.87. The van der Waals surface area contributed by atoms with Gasteiger partial charge in [-0.05, 0) is 12.8 Å². The van der Waals surface area contributed by atoms with E-state index in [-0.39, 0.29) is 44.3 Å². The third kappa shape index (κ3) is 3.64. The molecule has 2 saturated heterocycles. The summed E-state index contributed by atoms with van der Waals surface area (Å²) in [5.41, 5.74) is 0. The van der Waals surface area contributed by atoms with E-state index in [1.165, 1.54) is 4.90 Å². The Kier molecular flexibility index (Phi) is 4.38. The van der Waals surface area contributed by atoms with Crippen molar-refractivity contribution in [2.24, 2.45) is 5.92 Å². The largest absolute Gasteiger partial charge is 0.471 e. The van der Waals surface area contributed by atoms with Gasteiger partial charge in [0.1, 0.15) is 0 Å². The Labute approximate surface area is 119 Å². The van der Waals surface area contributed by atoms with E-state index in [0.29, 0.717) is 13.1 Å². The topological polar surface area (TPSA) is 69.7 Å². The van der Waals surface area contributed by atoms with Crippen LogP contribution < -0.4 is 5.32 Å². The maximum Gasteiger partial charge on any atom is 0.471 e. The summed E-state index contributed by atoms with van der Waals surface area (Å²) in [7, 11) is 0. The van der Waals surface area contributed by atoms with Gasteiger partial charge >= 0.3 is 12.1 Å². The molecule has 0 unspecified atom stereocenters. The van der Waals surface area contributed by atoms with Crippen molar-refractivity contribution in [1.29, 1.82) is 0 Å². The number of nitrogens with zero attached hydrogens (tertiary/aromatic N) is 2. The van der Waals surface area contributed by atoms with Crippen molar-refractivity contribution < 1.29 is 27.6 Å². The van der Waals surface area contributed by atoms with Crippen LogP contribution in [-0.2, 0) is 14.4 Å². The van der Waals surface area contributed by atoms with Crippen LogP contribution in [0.25, 0.3) is 0 Å². The van der Waals surface area contributed by atoms with Gasteiger partial charge in [-0.1, -0.05) is 0 Å². The van der Waals surface area contributed by atoms with Crippen molar-refractivity contribution in [3.8, 4) is 0 Å². The number of amides is 3. The summed E-state index contributed by atoms with van der Waals surface area (Å²) in [5, 5.41) is 2.60. The molecule has 0 aromatic heterocycles. The molecule has 9 heteroatoms. The lowest BCUT2D eigenvalue weighted by Crippen LogP contribution is -2.53. The van der Waals surface area contributed by atoms with Gasteiger partial charge in [-0.2, -0.15) is 13.2 Å². The van der Waals surface area contributed by atoms with Crippen molar-refractivity contribution in [1.82, 2.24) is 15.1 Å². The van der Waals surface area contributed by atoms with Crippen molar-refractivity contribution in [2.45, 2.75) is 19.0 Å². The minimum Gasteiger partial charge on any atom is -0.353 e. The monoisotopic (exact) mass is 307 g/mol. The molecule has 0 aromatic rings. The second-order valence-electron chi connectivity index (χ2n) is 5.17. The number of likely N-dealkylation sites (tertiary alicyclic amines) is 1. The predicted octanol–water partition coefficient (Wildman–Crippen LogP) is -0.254. The second-order valence-corrected chi connectivity index (χ2v) is 5.17. The summed E-state index contributed by atoms with van der Waals surface area (Å²) in [5.74, 6) is -2.73. The standard InChI is InChI=1S/C12H16F3N3O3/c13-12(14,15)11(21)17-4-1-8(2-5-17)10(20)18-6-3-16-9(19)7-18/h8H,1-7H2,(H,16,19). The summed E-state index contributed by atoms with van der Waals surface area (Å²) >= 11 is 0. The highest BCUT2D eigenvalue weighted by atomic mass is 19.4. The number of alkyl halides is 3. The van der Waals surface area contributed by atoms with E-state index in [9.17, 15) is 27.6 Å². The molecule has 0 aliphatic carbocycles. The van der Waals surface area contributed by atoms with Gasteiger partial charge < -0.3 is 15.1 Å². The summed E-state index contributed by atoms with van der Waals surface area (Å²) in [6.07, 6.45) is -4.49. The number of carbonyl (C=O) groups excluding carboxylic acids is 3. The SMILES string of the molecule is O=C1CN(C(=O)C2CCN(C(=O)C(F)(F)F)CC2)CCN1. The molecule has 6 nitrogen and oxygen atoms in total. The van der Waals surface area contributed by atoms with E-state index < -0.39 is 18.0 Å². The van der Waals surface area contributed by atoms with Crippen LogP contribution in [0.1, 0.15) is 12.8 Å². The molecule has 0 spiro atoms. The van der Waals surface area contributed by atoms with E-state index in [1.807, 2.05) is 0 Å². The molecule has 0 bridgehead atoms. The fourth-order valence-corrected chi connectivity index (χ4v) is 2.59. The summed E-state index contributed by atoms with van der Waals surface area (Å²) in [6, 6.07) is 0. The lowest BCUT2D eigenvalue weighted by atomic mass is 9.95. The Morgan fingerprint density at radius 1 is 1.10 bits per heavy atom. The number of piperazine rings is 1. The fourth-order valence-electron chi connectivity index (χ4n) is 2.59. The number of piperidine rings is 1. The molecule has 2 aliphatic heterocycles. The van der Waals surface area contributed by atoms with Crippen LogP contribution in [-0.4, -0.2) is 66.4 Å². The molecule has 0 atom stereocenters. The average molecular weight is 307 g/mol. The molecule has 2 heterocycles. The van der Waals surface area contributed by atoms with Crippen molar-refractivity contribution in [3.63, 3.8) is 0 Å². The van der Waals surface area contributed by atoms with E-state index in [1.54, 1.807) is 0 Å². The first-order chi connectivity index (χ1) is 9.79. The van der Waals surface area contributed by atoms with Crippen molar-refractivity contribution in [3.05, 3.63) is 0 Å². The number of hydrogen-bond acceptors (Lipinski definition) is 3. The first-order valence-electron chi connectivity index (χ1n) is 6.70. The Morgan fingerprint density at radius 2 is 1.71 bits per heavy atom. The maximum absolute atomic E-state index is 12.3. The van der Waals surface area contributed by atoms with Crippen LogP contribution in [0, 0.1) is 5.92 Å². The van der Waals surface area contributed by atoms with Crippen LogP contribution in [0.15, 0.2) is 0 Å². The predicted molar refractivity (Wildman–Crippen MR) is 64.9 cm³/mol. The van der Waals surface area contributed by atoms with Crippen LogP contribution in [0.4, 0.5) is 13.2 Å². The molecule has 21 heavy (non-hydrogen) atoms. The van der Waals surface area contributed by atoms with E-state index >= 15 is 0 Å². The molecule has 0 saturated carbocycles. The zero-order valence-electron chi connectivity index (χ0n) is 11.3. The van der Waals surface area contributed by atoms with Gasteiger partial charge in [-0.3, -0.25) is 14.4 Å². The second kappa shape index (κ2) is 5.90. The summed E-state index contributed by atoms with van der Waals surface area (Å²) < 4.78 is 36.9. The highest BCUT2D eigenvalue weighted by Crippen LogP contribution is 2.25. The van der Waals surface area contributed by atoms with Crippen molar-refractivity contribution in [2.75, 3.05) is 32.7 Å². The Morgan fingerprint density at radius 3 is 2.24 bits per heavy atom. The van der Waals surface area contributed by atoms with Gasteiger partial charge in [-0.15, -0.1) is 0 Å². The van der Waals surface area contributed by atoms with Gasteiger partial charge in [0.15, 0.2) is 0 Å². The van der Waals surface area contributed by atoms with Gasteiger partial charge in [0.05, 0.1) is 6.54 Å². The molecule has 2 rings (SSSR count). The lowest BCUT2D eigenvalue weighted by molar-refractivity contribution is -0.187. The van der Waals surface area contributed by atoms with Crippen molar-refractivity contribution >= 4 is 17.7 Å². The van der Waals surface area contributed by atoms with Crippen LogP contribution in [0.5, 0.6) is 0 Å². The number of rotatable bonds is 1. The minimum absolute atomic E-state index is 0.0134. The molecule has 1 N–H and O–H groups in total. The molecule has 0 aromatic carbocycles. The first kappa shape index (κ1) is 15.6. The minimum atomic E-state index is -4.87. The van der Waals surface area contributed by atoms with Crippen LogP contribution in [0.3, 0.4) is 0 Å². The molecule has 118 valence electrons. The van der Waals surface area contributed by atoms with Gasteiger partial charge in [0.2, 0.25) is 11.8 Å². The maximum atomic E-state index is 12.3. The smallest absolute Gasteiger partial charge is 0.353 e. The zero-order chi connectivity index (χ0) is 15.6. The van der Waals surface area contributed by atoms with Gasteiger partial charge in [-0.25, -0.2) is 0 Å². The van der Waals surface area contributed by atoms with E-state index in [2.05, 4.69) is 5.32 Å². The third-order valence-corrected chi connectivity index (χ3v) is 3.72. The van der Waals surface area contributed by atoms with Crippen LogP contribution >= 0.6 is 0 Å². The number of carbonyl (C=O) groups is 3. The highest BCUT2D eigenvalue weighted by molar-refractivity contribution is 5.87. The van der Waals surface area contributed by atoms with Gasteiger partial charge in [0.25, 0.3) is 0 Å². The molecular formula is C12H16F3N3O3. The lowest BCUT2D eigenvalue weighted by Gasteiger charge is -2.35. The quantitative estimate of drug-likeness (QED) is 0.726. The Hall–Kier alpha value is -1.80. The van der Waals surface area contributed by atoms with E-state index in [4.69, 9.17) is 0 Å². The molecule has 0 radical (unpaired) electrons. The first-order valence-corrected chi connectivity index (χ1v) is 6.70. The zero-order valence-corrected chi connectivity index (χ0v) is 11.3. The normalized spacial score (nSPS) is 21.2. The number of hydrogen-bond donors (Lipinski definition) is 1. The van der Waals surface area contributed by atoms with Crippen LogP contribution in [0.2, 0.25) is 0 Å². The summed E-state index contributed by atoms with van der Waals surface area (Å²) in [4.78, 5) is 36.7. The fraction of sp³-hybridized carbons (Fsp3) is 0.750. The highest BCUT2D eigenvalue weighted by Gasteiger charge is 2.44. The Bertz CT molecular complexity index is 445. The summed E-state index contributed by atoms with van der Waals surface area (Å²) in [6.45, 7) is 0.604. The third-order valence-electron chi connectivity index (χ3n) is 3.72. The molecule has 2 fully saturated rings. The number of nitrogens with one attached hydrogen (secondary N) is 1. The molecule has 2 aliphatic rings. The van der Waals surface area contributed by atoms with E-state index in [0.717, 1.165) is 4.90 Å². The molecular weight excluding hydrogens is 291 g/mol. The molecule has 3 amide bonds. The average Bonchev–Trinajstić information content (AvgIpc) is 2.45. The number of halogens is 3. The van der Waals surface area contributed by atoms with Gasteiger partial charge in [0, 0.05) is 32.1 Å².